The molecule has 4 rings (SSSR count). The third-order valence-corrected chi connectivity index (χ3v) is 8.37. The van der Waals surface area contributed by atoms with E-state index in [1.54, 1.807) is 0 Å². The van der Waals surface area contributed by atoms with E-state index in [9.17, 15) is 31.5 Å². The fourth-order valence-corrected chi connectivity index (χ4v) is 5.56. The molecular weight excluding hydrogens is 564 g/mol. The van der Waals surface area contributed by atoms with E-state index >= 15 is 0 Å². The van der Waals surface area contributed by atoms with Gasteiger partial charge in [0.15, 0.2) is 0 Å². The van der Waals surface area contributed by atoms with Crippen LogP contribution >= 0.6 is 22.2 Å². The second kappa shape index (κ2) is 11.8. The highest BCUT2D eigenvalue weighted by Crippen LogP contribution is 2.46. The highest BCUT2D eigenvalue weighted by Gasteiger charge is 2.33. The summed E-state index contributed by atoms with van der Waals surface area (Å²) in [5, 5.41) is 5.07. The van der Waals surface area contributed by atoms with Crippen molar-refractivity contribution in [2.24, 2.45) is 0 Å². The zero-order chi connectivity index (χ0) is 28.2. The summed E-state index contributed by atoms with van der Waals surface area (Å²) >= 11 is 5.73. The molecule has 0 aliphatic carbocycles. The van der Waals surface area contributed by atoms with E-state index in [2.05, 4.69) is 32.4 Å². The number of anilines is 1. The van der Waals surface area contributed by atoms with Crippen LogP contribution in [-0.2, 0) is 11.0 Å². The molecular formula is C25H23ClF4N4O4S. The maximum absolute atomic E-state index is 13.4. The molecule has 1 atom stereocenters. The Hall–Kier alpha value is -3.28. The molecule has 1 aliphatic rings. The Labute approximate surface area is 227 Å². The van der Waals surface area contributed by atoms with Gasteiger partial charge in [-0.05, 0) is 36.4 Å². The number of nitrogens with zero attached hydrogens (tertiary/aromatic N) is 1. The van der Waals surface area contributed by atoms with Crippen molar-refractivity contribution in [3.63, 3.8) is 0 Å². The summed E-state index contributed by atoms with van der Waals surface area (Å²) in [4.78, 5) is 18.6. The second-order valence-corrected chi connectivity index (χ2v) is 11.5. The van der Waals surface area contributed by atoms with Crippen molar-refractivity contribution in [2.45, 2.75) is 17.8 Å². The van der Waals surface area contributed by atoms with Gasteiger partial charge in [0.1, 0.15) is 23.1 Å². The number of hydrogen-bond acceptors (Lipinski definition) is 6. The summed E-state index contributed by atoms with van der Waals surface area (Å²) in [7, 11) is -2.77. The normalized spacial score (nSPS) is 17.6. The molecule has 1 unspecified atom stereocenters. The molecule has 3 aromatic rings. The topological polar surface area (TPSA) is 120 Å². The number of carbonyl (C=O) groups is 1. The first-order chi connectivity index (χ1) is 18.4. The highest BCUT2D eigenvalue weighted by atomic mass is 35.5. The third-order valence-electron chi connectivity index (χ3n) is 5.80. The summed E-state index contributed by atoms with van der Waals surface area (Å²) in [5.41, 5.74) is -0.413. The number of ether oxygens (including phenoxy) is 1. The Bertz CT molecular complexity index is 1420. The first-order valence-corrected chi connectivity index (χ1v) is 13.7. The van der Waals surface area contributed by atoms with Gasteiger partial charge in [0.05, 0.1) is 34.5 Å². The van der Waals surface area contributed by atoms with E-state index in [1.807, 2.05) is 0 Å². The molecule has 1 amide bonds. The number of halogens is 5. The van der Waals surface area contributed by atoms with Gasteiger partial charge < -0.3 is 20.4 Å². The van der Waals surface area contributed by atoms with Crippen LogP contribution in [0.4, 0.5) is 23.2 Å². The van der Waals surface area contributed by atoms with Crippen LogP contribution in [0.3, 0.4) is 0 Å². The Balaban J connectivity index is 1.55. The first kappa shape index (κ1) is 28.7. The van der Waals surface area contributed by atoms with E-state index in [-0.39, 0.29) is 45.8 Å². The van der Waals surface area contributed by atoms with Gasteiger partial charge >= 0.3 is 12.1 Å². The molecule has 1 fully saturated rings. The lowest BCUT2D eigenvalue weighted by molar-refractivity contribution is -0.140. The molecule has 1 aliphatic heterocycles. The third kappa shape index (κ3) is 7.43. The molecule has 2 heterocycles. The van der Waals surface area contributed by atoms with Gasteiger partial charge in [0.25, 0.3) is 0 Å². The minimum atomic E-state index is -4.62. The largest absolute Gasteiger partial charge is 0.491 e. The minimum absolute atomic E-state index is 0.0726. The predicted octanol–water partition coefficient (Wildman–Crippen LogP) is 5.37. The minimum Gasteiger partial charge on any atom is -0.491 e. The zero-order valence-electron chi connectivity index (χ0n) is 20.1. The molecule has 1 aromatic heterocycles. The van der Waals surface area contributed by atoms with E-state index in [4.69, 9.17) is 16.3 Å². The lowest BCUT2D eigenvalue weighted by Crippen LogP contribution is -2.41. The number of hydrogen-bond donors (Lipinski definition) is 5. The molecule has 1 saturated heterocycles. The first-order valence-electron chi connectivity index (χ1n) is 11.6. The standard InChI is InChI=1S/C25H23ClF4N4O4S/c26-18-11-15(1-4-19(18)27)2-6-23(35)33-20-12-16(24-32-14-22(34-24)25(28,29)30)3-5-21(20)38-9-7-17-13-31-8-10-39(17,36)37/h1,3-5,11-12,14,17,31,36-37H,7-10,13H2,(H,32,34)(H,33,35). The van der Waals surface area contributed by atoms with Crippen LogP contribution in [0.5, 0.6) is 5.75 Å². The van der Waals surface area contributed by atoms with Gasteiger partial charge in [-0.3, -0.25) is 13.9 Å². The number of aromatic amines is 1. The number of amides is 1. The van der Waals surface area contributed by atoms with Crippen molar-refractivity contribution >= 4 is 33.8 Å². The lowest BCUT2D eigenvalue weighted by Gasteiger charge is -2.43. The van der Waals surface area contributed by atoms with Gasteiger partial charge in [-0.2, -0.15) is 23.8 Å². The van der Waals surface area contributed by atoms with Gasteiger partial charge in [-0.25, -0.2) is 9.37 Å². The average Bonchev–Trinajstić information content (AvgIpc) is 3.38. The number of imidazole rings is 1. The summed E-state index contributed by atoms with van der Waals surface area (Å²) in [6.07, 6.45) is -3.65. The van der Waals surface area contributed by atoms with Crippen LogP contribution in [0.2, 0.25) is 5.02 Å². The molecule has 14 heteroatoms. The molecule has 0 radical (unpaired) electrons. The molecule has 39 heavy (non-hydrogen) atoms. The zero-order valence-corrected chi connectivity index (χ0v) is 21.7. The summed E-state index contributed by atoms with van der Waals surface area (Å²) < 4.78 is 78.8. The van der Waals surface area contributed by atoms with Crippen LogP contribution in [0.25, 0.3) is 11.4 Å². The quantitative estimate of drug-likeness (QED) is 0.196. The molecule has 0 saturated carbocycles. The van der Waals surface area contributed by atoms with Gasteiger partial charge in [0.2, 0.25) is 0 Å². The summed E-state index contributed by atoms with van der Waals surface area (Å²) in [6, 6.07) is 7.99. The Morgan fingerprint density at radius 2 is 2.05 bits per heavy atom. The van der Waals surface area contributed by atoms with Gasteiger partial charge in [-0.1, -0.05) is 17.5 Å². The van der Waals surface area contributed by atoms with Crippen LogP contribution in [0, 0.1) is 17.7 Å². The molecule has 0 spiro atoms. The van der Waals surface area contributed by atoms with Crippen molar-refractivity contribution in [3.8, 4) is 29.0 Å². The second-order valence-electron chi connectivity index (χ2n) is 8.57. The Kier molecular flexibility index (Phi) is 8.73. The highest BCUT2D eigenvalue weighted by molar-refractivity contribution is 8.24. The number of rotatable bonds is 6. The Morgan fingerprint density at radius 3 is 2.74 bits per heavy atom. The maximum Gasteiger partial charge on any atom is 0.432 e. The number of aromatic nitrogens is 2. The molecule has 0 bridgehead atoms. The monoisotopic (exact) mass is 586 g/mol. The number of H-pyrrole nitrogens is 1. The van der Waals surface area contributed by atoms with Crippen LogP contribution in [0.1, 0.15) is 17.7 Å². The fourth-order valence-electron chi connectivity index (χ4n) is 3.75. The number of alkyl halides is 3. The van der Waals surface area contributed by atoms with Crippen molar-refractivity contribution in [1.82, 2.24) is 15.3 Å². The van der Waals surface area contributed by atoms with E-state index < -0.39 is 39.4 Å². The molecule has 8 nitrogen and oxygen atoms in total. The molecule has 5 N–H and O–H groups in total. The fraction of sp³-hybridized carbons (Fsp3) is 0.280. The summed E-state index contributed by atoms with van der Waals surface area (Å²) in [5.74, 6) is 3.83. The van der Waals surface area contributed by atoms with E-state index in [0.717, 1.165) is 6.07 Å². The van der Waals surface area contributed by atoms with Crippen LogP contribution < -0.4 is 15.4 Å². The van der Waals surface area contributed by atoms with Gasteiger partial charge in [-0.15, -0.1) is 0 Å². The van der Waals surface area contributed by atoms with Crippen molar-refractivity contribution in [3.05, 3.63) is 64.7 Å². The maximum atomic E-state index is 13.4. The van der Waals surface area contributed by atoms with Crippen molar-refractivity contribution < 1.29 is 36.2 Å². The number of carbonyl (C=O) groups excluding carboxylic acids is 1. The number of benzene rings is 2. The SMILES string of the molecule is O=C(C#Cc1ccc(F)c(Cl)c1)Nc1cc(-c2ncc(C(F)(F)F)[nH]2)ccc1OCCC1CNCCS1(O)O. The lowest BCUT2D eigenvalue weighted by atomic mass is 10.1. The van der Waals surface area contributed by atoms with E-state index in [1.165, 1.54) is 30.3 Å². The number of nitrogens with one attached hydrogen (secondary N) is 3. The Morgan fingerprint density at radius 1 is 1.26 bits per heavy atom. The van der Waals surface area contributed by atoms with Gasteiger partial charge in [0, 0.05) is 36.6 Å². The smallest absolute Gasteiger partial charge is 0.432 e. The van der Waals surface area contributed by atoms with Crippen LogP contribution in [-0.4, -0.2) is 55.7 Å². The van der Waals surface area contributed by atoms with E-state index in [0.29, 0.717) is 25.7 Å². The van der Waals surface area contributed by atoms with Crippen LogP contribution in [0.15, 0.2) is 42.6 Å². The average molecular weight is 587 g/mol. The van der Waals surface area contributed by atoms with Crippen molar-refractivity contribution in [2.75, 3.05) is 30.8 Å². The molecule has 2 aromatic carbocycles. The van der Waals surface area contributed by atoms with Crippen molar-refractivity contribution in [1.29, 1.82) is 0 Å². The molecule has 208 valence electrons. The predicted molar refractivity (Wildman–Crippen MR) is 140 cm³/mol. The summed E-state index contributed by atoms with van der Waals surface area (Å²) in [6.45, 7) is 0.992.